The van der Waals surface area contributed by atoms with Crippen molar-refractivity contribution in [2.45, 2.75) is 181 Å². The Kier molecular flexibility index (Phi) is 34.0. The summed E-state index contributed by atoms with van der Waals surface area (Å²) in [5.74, 6) is 0.723. The highest BCUT2D eigenvalue weighted by atomic mass is 32.2. The summed E-state index contributed by atoms with van der Waals surface area (Å²) in [5, 5.41) is 10.3. The number of unbranched alkanes of at least 4 members (excludes halogenated alkanes) is 14. The van der Waals surface area contributed by atoms with Gasteiger partial charge in [0.05, 0.1) is 6.61 Å². The van der Waals surface area contributed by atoms with Gasteiger partial charge in [0.15, 0.2) is 6.29 Å². The molecule has 0 aromatic carbocycles. The molecule has 7 nitrogen and oxygen atoms in total. The van der Waals surface area contributed by atoms with E-state index >= 15 is 0 Å². The van der Waals surface area contributed by atoms with Gasteiger partial charge in [-0.05, 0) is 84.7 Å². The number of aliphatic hydroxyl groups is 1. The van der Waals surface area contributed by atoms with Gasteiger partial charge in [0, 0.05) is 31.8 Å². The van der Waals surface area contributed by atoms with Crippen molar-refractivity contribution >= 4 is 23.0 Å². The molecule has 1 amide bonds. The number of aliphatic hydroxyl groups excluding tert-OH is 1. The number of nitrogens with zero attached hydrogens (tertiary/aromatic N) is 2. The van der Waals surface area contributed by atoms with Crippen LogP contribution in [0.25, 0.3) is 0 Å². The predicted octanol–water partition coefficient (Wildman–Crippen LogP) is 10.5. The summed E-state index contributed by atoms with van der Waals surface area (Å²) in [6, 6.07) is 0. The van der Waals surface area contributed by atoms with Crippen molar-refractivity contribution in [1.29, 1.82) is 0 Å². The number of hydrogen-bond donors (Lipinski definition) is 1. The zero-order valence-electron chi connectivity index (χ0n) is 31.5. The topological polar surface area (TPSA) is 79.3 Å². The number of thioether (sulfide) groups is 1. The first kappa shape index (κ1) is 45.9. The second-order valence-corrected chi connectivity index (χ2v) is 14.5. The zero-order chi connectivity index (χ0) is 34.8. The molecule has 0 bridgehead atoms. The Hall–Kier alpha value is -1.09. The van der Waals surface area contributed by atoms with Crippen LogP contribution in [0, 0.1) is 0 Å². The van der Waals surface area contributed by atoms with E-state index in [1.54, 1.807) is 0 Å². The van der Waals surface area contributed by atoms with Gasteiger partial charge in [-0.1, -0.05) is 115 Å². The Morgan fingerprint density at radius 1 is 0.681 bits per heavy atom. The quantitative estimate of drug-likeness (QED) is 0.0313. The van der Waals surface area contributed by atoms with Gasteiger partial charge in [-0.25, -0.2) is 0 Å². The lowest BCUT2D eigenvalue weighted by Crippen LogP contribution is -2.31. The van der Waals surface area contributed by atoms with Gasteiger partial charge >= 0.3 is 5.97 Å². The maximum Gasteiger partial charge on any atom is 0.306 e. The largest absolute Gasteiger partial charge is 0.462 e. The van der Waals surface area contributed by atoms with Gasteiger partial charge < -0.3 is 24.4 Å². The van der Waals surface area contributed by atoms with E-state index in [0.717, 1.165) is 96.0 Å². The van der Waals surface area contributed by atoms with Crippen LogP contribution in [0.5, 0.6) is 0 Å². The van der Waals surface area contributed by atoms with Gasteiger partial charge in [0.1, 0.15) is 6.10 Å². The number of esters is 1. The SMILES string of the molecule is CCCCCC/C=C\COC(O)CCCCCN(CCCCCC(=O)OC(CCCCCC)CCCCCC)C(=O)SCCN(C)C. The van der Waals surface area contributed by atoms with E-state index in [-0.39, 0.29) is 17.3 Å². The van der Waals surface area contributed by atoms with Crippen LogP contribution in [0.2, 0.25) is 0 Å². The van der Waals surface area contributed by atoms with Crippen LogP contribution in [0.4, 0.5) is 4.79 Å². The molecule has 1 unspecified atom stereocenters. The van der Waals surface area contributed by atoms with E-state index in [0.29, 0.717) is 19.4 Å². The fraction of sp³-hybridized carbons (Fsp3) is 0.897. The van der Waals surface area contributed by atoms with Crippen molar-refractivity contribution in [1.82, 2.24) is 9.80 Å². The molecular weight excluding hydrogens is 609 g/mol. The Balaban J connectivity index is 4.45. The molecule has 0 radical (unpaired) electrons. The number of ether oxygens (including phenoxy) is 2. The highest BCUT2D eigenvalue weighted by molar-refractivity contribution is 8.13. The van der Waals surface area contributed by atoms with Crippen LogP contribution in [0.3, 0.4) is 0 Å². The van der Waals surface area contributed by atoms with Gasteiger partial charge in [-0.15, -0.1) is 0 Å². The average Bonchev–Trinajstić information content (AvgIpc) is 3.04. The van der Waals surface area contributed by atoms with Crippen molar-refractivity contribution in [3.05, 3.63) is 12.2 Å². The minimum atomic E-state index is -0.733. The van der Waals surface area contributed by atoms with Crippen LogP contribution in [0.15, 0.2) is 12.2 Å². The monoisotopic (exact) mass is 685 g/mol. The third-order valence-electron chi connectivity index (χ3n) is 8.54. The summed E-state index contributed by atoms with van der Waals surface area (Å²) in [4.78, 5) is 29.8. The molecule has 278 valence electrons. The highest BCUT2D eigenvalue weighted by Gasteiger charge is 2.16. The molecule has 1 N–H and O–H groups in total. The Morgan fingerprint density at radius 2 is 1.23 bits per heavy atom. The molecule has 0 saturated carbocycles. The molecule has 1 atom stereocenters. The Morgan fingerprint density at radius 3 is 1.83 bits per heavy atom. The van der Waals surface area contributed by atoms with E-state index < -0.39 is 6.29 Å². The van der Waals surface area contributed by atoms with Crippen LogP contribution in [0.1, 0.15) is 168 Å². The van der Waals surface area contributed by atoms with Crippen molar-refractivity contribution in [3.8, 4) is 0 Å². The van der Waals surface area contributed by atoms with Crippen LogP contribution in [-0.4, -0.2) is 84.6 Å². The van der Waals surface area contributed by atoms with Crippen LogP contribution in [-0.2, 0) is 14.3 Å². The van der Waals surface area contributed by atoms with E-state index in [1.807, 2.05) is 25.1 Å². The zero-order valence-corrected chi connectivity index (χ0v) is 32.3. The molecule has 0 spiro atoms. The van der Waals surface area contributed by atoms with Gasteiger partial charge in [0.2, 0.25) is 0 Å². The Labute approximate surface area is 295 Å². The molecular formula is C39H76N2O5S. The maximum absolute atomic E-state index is 13.0. The molecule has 0 aromatic heterocycles. The number of rotatable bonds is 34. The van der Waals surface area contributed by atoms with E-state index in [1.165, 1.54) is 76.0 Å². The van der Waals surface area contributed by atoms with Crippen molar-refractivity contribution in [3.63, 3.8) is 0 Å². The molecule has 0 aliphatic carbocycles. The molecule has 0 aliphatic rings. The minimum absolute atomic E-state index is 0.0576. The lowest BCUT2D eigenvalue weighted by Gasteiger charge is -2.23. The molecule has 0 rings (SSSR count). The van der Waals surface area contributed by atoms with E-state index in [9.17, 15) is 14.7 Å². The number of hydrogen-bond acceptors (Lipinski definition) is 7. The molecule has 8 heteroatoms. The second-order valence-electron chi connectivity index (χ2n) is 13.5. The minimum Gasteiger partial charge on any atom is -0.462 e. The summed E-state index contributed by atoms with van der Waals surface area (Å²) < 4.78 is 11.5. The van der Waals surface area contributed by atoms with Crippen molar-refractivity contribution < 1.29 is 24.2 Å². The van der Waals surface area contributed by atoms with Crippen molar-refractivity contribution in [2.75, 3.05) is 46.1 Å². The Bertz CT molecular complexity index is 724. The van der Waals surface area contributed by atoms with Gasteiger partial charge in [-0.2, -0.15) is 0 Å². The van der Waals surface area contributed by atoms with E-state index in [2.05, 4.69) is 31.7 Å². The number of allylic oxidation sites excluding steroid dienone is 1. The number of amides is 1. The van der Waals surface area contributed by atoms with E-state index in [4.69, 9.17) is 9.47 Å². The third-order valence-corrected chi connectivity index (χ3v) is 9.44. The summed E-state index contributed by atoms with van der Waals surface area (Å²) >= 11 is 1.40. The van der Waals surface area contributed by atoms with Crippen LogP contribution >= 0.6 is 11.8 Å². The highest BCUT2D eigenvalue weighted by Crippen LogP contribution is 2.18. The molecule has 0 heterocycles. The molecule has 47 heavy (non-hydrogen) atoms. The molecule has 0 saturated heterocycles. The first-order valence-electron chi connectivity index (χ1n) is 19.5. The predicted molar refractivity (Wildman–Crippen MR) is 202 cm³/mol. The lowest BCUT2D eigenvalue weighted by atomic mass is 10.0. The normalized spacial score (nSPS) is 12.4. The fourth-order valence-corrected chi connectivity index (χ4v) is 6.47. The average molecular weight is 685 g/mol. The fourth-order valence-electron chi connectivity index (χ4n) is 5.48. The van der Waals surface area contributed by atoms with Gasteiger partial charge in [-0.3, -0.25) is 9.59 Å². The molecule has 0 aliphatic heterocycles. The number of carbonyl (C=O) groups is 2. The first-order chi connectivity index (χ1) is 22.8. The standard InChI is InChI=1S/C39H76N2O5S/c1-6-9-12-15-16-17-26-34-45-37(42)29-22-18-24-31-41(39(44)47-35-33-40(4)5)32-25-19-23-30-38(43)46-36(27-20-13-10-7-2)28-21-14-11-8-3/h17,26,36-37,42H,6-16,18-25,27-35H2,1-5H3/b26-17-. The number of carbonyl (C=O) groups excluding carboxylic acids is 2. The third kappa shape index (κ3) is 31.9. The maximum atomic E-state index is 13.0. The molecule has 0 fully saturated rings. The summed E-state index contributed by atoms with van der Waals surface area (Å²) in [5.41, 5.74) is 0. The second kappa shape index (κ2) is 34.8. The molecule has 0 aromatic rings. The summed E-state index contributed by atoms with van der Waals surface area (Å²) in [7, 11) is 4.05. The summed E-state index contributed by atoms with van der Waals surface area (Å²) in [6.45, 7) is 9.44. The van der Waals surface area contributed by atoms with Crippen LogP contribution < -0.4 is 0 Å². The summed E-state index contributed by atoms with van der Waals surface area (Å²) in [6.07, 6.45) is 27.7. The van der Waals surface area contributed by atoms with Gasteiger partial charge in [0.25, 0.3) is 5.24 Å². The lowest BCUT2D eigenvalue weighted by molar-refractivity contribution is -0.150. The smallest absolute Gasteiger partial charge is 0.306 e. The first-order valence-corrected chi connectivity index (χ1v) is 20.5. The van der Waals surface area contributed by atoms with Crippen molar-refractivity contribution in [2.24, 2.45) is 0 Å².